The van der Waals surface area contributed by atoms with Crippen LogP contribution in [0.4, 0.5) is 11.4 Å². The van der Waals surface area contributed by atoms with Crippen molar-refractivity contribution in [3.63, 3.8) is 0 Å². The summed E-state index contributed by atoms with van der Waals surface area (Å²) < 4.78 is 0. The fourth-order valence-electron chi connectivity index (χ4n) is 2.55. The molecule has 0 saturated carbocycles. The van der Waals surface area contributed by atoms with Gasteiger partial charge in [-0.05, 0) is 53.1 Å². The van der Waals surface area contributed by atoms with Crippen molar-refractivity contribution in [2.45, 2.75) is 59.3 Å². The van der Waals surface area contributed by atoms with Crippen molar-refractivity contribution in [2.75, 3.05) is 5.32 Å². The van der Waals surface area contributed by atoms with Crippen LogP contribution in [-0.2, 0) is 10.8 Å². The fraction of sp³-hybridized carbons (Fsp3) is 0.409. The molecule has 24 heavy (non-hydrogen) atoms. The highest BCUT2D eigenvalue weighted by Crippen LogP contribution is 2.33. The fourth-order valence-corrected chi connectivity index (χ4v) is 2.55. The number of hydrogen-bond acceptors (Lipinski definition) is 2. The smallest absolute Gasteiger partial charge is 0.159 e. The standard InChI is InChI=1S/C22H29NO/c1-15(24)16-9-8-10-19(11-16)23-20-13-17(21(2,3)4)12-18(14-20)22(5,6)7/h8-14,23H,1-7H3. The van der Waals surface area contributed by atoms with E-state index in [4.69, 9.17) is 0 Å². The molecule has 0 spiro atoms. The molecule has 0 amide bonds. The summed E-state index contributed by atoms with van der Waals surface area (Å²) in [6.07, 6.45) is 0. The summed E-state index contributed by atoms with van der Waals surface area (Å²) in [5.74, 6) is 0.0810. The molecular formula is C22H29NO. The molecule has 2 aromatic carbocycles. The molecule has 0 radical (unpaired) electrons. The Morgan fingerprint density at radius 1 is 0.792 bits per heavy atom. The second-order valence-electron chi connectivity index (χ2n) is 8.56. The van der Waals surface area contributed by atoms with Gasteiger partial charge < -0.3 is 5.32 Å². The van der Waals surface area contributed by atoms with E-state index in [0.29, 0.717) is 0 Å². The van der Waals surface area contributed by atoms with Gasteiger partial charge in [0.15, 0.2) is 5.78 Å². The van der Waals surface area contributed by atoms with Gasteiger partial charge in [-0.2, -0.15) is 0 Å². The molecule has 0 fully saturated rings. The van der Waals surface area contributed by atoms with E-state index in [1.165, 1.54) is 11.1 Å². The highest BCUT2D eigenvalue weighted by Gasteiger charge is 2.20. The van der Waals surface area contributed by atoms with Crippen molar-refractivity contribution in [1.82, 2.24) is 0 Å². The summed E-state index contributed by atoms with van der Waals surface area (Å²) in [4.78, 5) is 11.6. The Labute approximate surface area is 146 Å². The Morgan fingerprint density at radius 3 is 1.79 bits per heavy atom. The van der Waals surface area contributed by atoms with Gasteiger partial charge in [0.05, 0.1) is 0 Å². The van der Waals surface area contributed by atoms with Crippen LogP contribution in [0.1, 0.15) is 70.0 Å². The number of carbonyl (C=O) groups is 1. The first-order valence-corrected chi connectivity index (χ1v) is 8.51. The molecule has 2 aromatic rings. The van der Waals surface area contributed by atoms with Gasteiger partial charge >= 0.3 is 0 Å². The topological polar surface area (TPSA) is 29.1 Å². The van der Waals surface area contributed by atoms with Crippen molar-refractivity contribution in [3.05, 3.63) is 59.2 Å². The number of ketones is 1. The summed E-state index contributed by atoms with van der Waals surface area (Å²) in [5, 5.41) is 3.47. The number of rotatable bonds is 3. The first kappa shape index (κ1) is 18.3. The normalized spacial score (nSPS) is 12.1. The molecule has 2 nitrogen and oxygen atoms in total. The second kappa shape index (κ2) is 6.43. The van der Waals surface area contributed by atoms with E-state index in [-0.39, 0.29) is 16.6 Å². The molecule has 128 valence electrons. The van der Waals surface area contributed by atoms with E-state index in [1.807, 2.05) is 24.3 Å². The molecule has 0 aliphatic carbocycles. The number of anilines is 2. The van der Waals surface area contributed by atoms with Crippen molar-refractivity contribution >= 4 is 17.2 Å². The summed E-state index contributed by atoms with van der Waals surface area (Å²) in [5.41, 5.74) is 5.50. The molecule has 0 aliphatic rings. The largest absolute Gasteiger partial charge is 0.355 e. The van der Waals surface area contributed by atoms with Crippen LogP contribution in [0.15, 0.2) is 42.5 Å². The number of hydrogen-bond donors (Lipinski definition) is 1. The van der Waals surface area contributed by atoms with Gasteiger partial charge in [-0.15, -0.1) is 0 Å². The lowest BCUT2D eigenvalue weighted by molar-refractivity contribution is 0.101. The van der Waals surface area contributed by atoms with E-state index in [0.717, 1.165) is 16.9 Å². The van der Waals surface area contributed by atoms with Crippen molar-refractivity contribution in [3.8, 4) is 0 Å². The van der Waals surface area contributed by atoms with Crippen LogP contribution in [0.2, 0.25) is 0 Å². The minimum Gasteiger partial charge on any atom is -0.355 e. The number of benzene rings is 2. The Hall–Kier alpha value is -2.09. The number of nitrogens with one attached hydrogen (secondary N) is 1. The Morgan fingerprint density at radius 2 is 1.33 bits per heavy atom. The van der Waals surface area contributed by atoms with Crippen LogP contribution in [-0.4, -0.2) is 5.78 Å². The van der Waals surface area contributed by atoms with Gasteiger partial charge in [0.1, 0.15) is 0 Å². The van der Waals surface area contributed by atoms with Crippen LogP contribution in [0.25, 0.3) is 0 Å². The van der Waals surface area contributed by atoms with Gasteiger partial charge in [0.25, 0.3) is 0 Å². The molecule has 1 N–H and O–H groups in total. The molecule has 2 heteroatoms. The quantitative estimate of drug-likeness (QED) is 0.679. The third-order valence-corrected chi connectivity index (χ3v) is 4.22. The van der Waals surface area contributed by atoms with Crippen LogP contribution in [0, 0.1) is 0 Å². The highest BCUT2D eigenvalue weighted by molar-refractivity contribution is 5.95. The summed E-state index contributed by atoms with van der Waals surface area (Å²) in [6, 6.07) is 14.4. The maximum absolute atomic E-state index is 11.6. The van der Waals surface area contributed by atoms with Crippen molar-refractivity contribution in [2.24, 2.45) is 0 Å². The third-order valence-electron chi connectivity index (χ3n) is 4.22. The van der Waals surface area contributed by atoms with Crippen molar-refractivity contribution < 1.29 is 4.79 Å². The molecule has 0 atom stereocenters. The Balaban J connectivity index is 2.46. The Bertz CT molecular complexity index is 713. The minimum atomic E-state index is 0.0810. The molecular weight excluding hydrogens is 294 g/mol. The predicted molar refractivity (Wildman–Crippen MR) is 104 cm³/mol. The van der Waals surface area contributed by atoms with Gasteiger partial charge in [-0.1, -0.05) is 59.7 Å². The highest BCUT2D eigenvalue weighted by atomic mass is 16.1. The molecule has 0 aromatic heterocycles. The molecule has 0 aliphatic heterocycles. The summed E-state index contributed by atoms with van der Waals surface area (Å²) in [7, 11) is 0. The van der Waals surface area contributed by atoms with Crippen LogP contribution in [0.3, 0.4) is 0 Å². The van der Waals surface area contributed by atoms with Gasteiger partial charge in [-0.25, -0.2) is 0 Å². The lowest BCUT2D eigenvalue weighted by atomic mass is 9.80. The van der Waals surface area contributed by atoms with Gasteiger partial charge in [0.2, 0.25) is 0 Å². The van der Waals surface area contributed by atoms with E-state index >= 15 is 0 Å². The first-order valence-electron chi connectivity index (χ1n) is 8.51. The zero-order chi connectivity index (χ0) is 18.1. The van der Waals surface area contributed by atoms with Crippen LogP contribution < -0.4 is 5.32 Å². The maximum atomic E-state index is 11.6. The van der Waals surface area contributed by atoms with E-state index in [2.05, 4.69) is 65.1 Å². The average molecular weight is 323 g/mol. The maximum Gasteiger partial charge on any atom is 0.159 e. The lowest BCUT2D eigenvalue weighted by Gasteiger charge is -2.26. The van der Waals surface area contributed by atoms with Gasteiger partial charge in [-0.3, -0.25) is 4.79 Å². The molecule has 2 rings (SSSR count). The van der Waals surface area contributed by atoms with E-state index < -0.39 is 0 Å². The molecule has 0 bridgehead atoms. The molecule has 0 heterocycles. The SMILES string of the molecule is CC(=O)c1cccc(Nc2cc(C(C)(C)C)cc(C(C)(C)C)c2)c1. The Kier molecular flexibility index (Phi) is 4.89. The zero-order valence-corrected chi connectivity index (χ0v) is 15.9. The number of Topliss-reactive ketones (excluding diaryl/α,β-unsaturated/α-hetero) is 1. The molecule has 0 unspecified atom stereocenters. The third kappa shape index (κ3) is 4.47. The van der Waals surface area contributed by atoms with E-state index in [9.17, 15) is 4.79 Å². The van der Waals surface area contributed by atoms with Crippen molar-refractivity contribution in [1.29, 1.82) is 0 Å². The van der Waals surface area contributed by atoms with Gasteiger partial charge in [0, 0.05) is 16.9 Å². The zero-order valence-electron chi connectivity index (χ0n) is 15.9. The lowest BCUT2D eigenvalue weighted by Crippen LogP contribution is -2.16. The first-order chi connectivity index (χ1) is 11.0. The summed E-state index contributed by atoms with van der Waals surface area (Å²) >= 11 is 0. The van der Waals surface area contributed by atoms with Crippen LogP contribution in [0.5, 0.6) is 0 Å². The predicted octanol–water partition coefficient (Wildman–Crippen LogP) is 6.23. The van der Waals surface area contributed by atoms with Crippen LogP contribution >= 0.6 is 0 Å². The van der Waals surface area contributed by atoms with E-state index in [1.54, 1.807) is 6.92 Å². The minimum absolute atomic E-state index is 0.0810. The second-order valence-corrected chi connectivity index (χ2v) is 8.56. The average Bonchev–Trinajstić information content (AvgIpc) is 2.45. The molecule has 0 saturated heterocycles. The monoisotopic (exact) mass is 323 g/mol. The summed E-state index contributed by atoms with van der Waals surface area (Å²) in [6.45, 7) is 15.0. The number of carbonyl (C=O) groups excluding carboxylic acids is 1.